The Hall–Kier alpha value is -0.850. The monoisotopic (exact) mass is 314 g/mol. The predicted octanol–water partition coefficient (Wildman–Crippen LogP) is 2.49. The molecule has 0 saturated carbocycles. The summed E-state index contributed by atoms with van der Waals surface area (Å²) in [6.45, 7) is 7.50. The highest BCUT2D eigenvalue weighted by Gasteiger charge is 2.31. The predicted molar refractivity (Wildman–Crippen MR) is 82.3 cm³/mol. The fourth-order valence-electron chi connectivity index (χ4n) is 3.02. The highest BCUT2D eigenvalue weighted by atomic mass is 32.2. The van der Waals surface area contributed by atoms with Crippen LogP contribution >= 0.6 is 0 Å². The van der Waals surface area contributed by atoms with Crippen LogP contribution in [-0.2, 0) is 16.6 Å². The SMILES string of the molecule is Cc1oc(CN)cc1S(=O)(=O)N1CCCC(C(C)C)CC1. The maximum atomic E-state index is 12.8. The number of hydrogen-bond acceptors (Lipinski definition) is 4. The summed E-state index contributed by atoms with van der Waals surface area (Å²) >= 11 is 0. The van der Waals surface area contributed by atoms with E-state index in [-0.39, 0.29) is 11.4 Å². The Balaban J connectivity index is 2.21. The summed E-state index contributed by atoms with van der Waals surface area (Å²) in [4.78, 5) is 0.269. The fourth-order valence-corrected chi connectivity index (χ4v) is 4.70. The summed E-state index contributed by atoms with van der Waals surface area (Å²) in [6.07, 6.45) is 2.95. The summed E-state index contributed by atoms with van der Waals surface area (Å²) < 4.78 is 32.6. The van der Waals surface area contributed by atoms with Crippen LogP contribution < -0.4 is 5.73 Å². The lowest BCUT2D eigenvalue weighted by molar-refractivity contribution is 0.340. The minimum atomic E-state index is -3.47. The zero-order chi connectivity index (χ0) is 15.6. The van der Waals surface area contributed by atoms with E-state index >= 15 is 0 Å². The molecule has 1 aliphatic rings. The molecule has 0 radical (unpaired) electrons. The molecular formula is C15H26N2O3S. The Morgan fingerprint density at radius 1 is 1.38 bits per heavy atom. The molecule has 6 heteroatoms. The second-order valence-electron chi connectivity index (χ2n) is 6.18. The Morgan fingerprint density at radius 2 is 2.10 bits per heavy atom. The summed E-state index contributed by atoms with van der Waals surface area (Å²) in [6, 6.07) is 1.56. The maximum Gasteiger partial charge on any atom is 0.246 e. The molecule has 1 aromatic heterocycles. The number of aryl methyl sites for hydroxylation is 1. The molecule has 21 heavy (non-hydrogen) atoms. The van der Waals surface area contributed by atoms with E-state index in [2.05, 4.69) is 13.8 Å². The average Bonchev–Trinajstić information content (AvgIpc) is 2.65. The van der Waals surface area contributed by atoms with Gasteiger partial charge in [0.25, 0.3) is 0 Å². The molecule has 1 aliphatic heterocycles. The van der Waals surface area contributed by atoms with Crippen molar-refractivity contribution in [1.29, 1.82) is 0 Å². The van der Waals surface area contributed by atoms with E-state index in [1.807, 2.05) is 0 Å². The lowest BCUT2D eigenvalue weighted by Crippen LogP contribution is -2.32. The molecule has 0 bridgehead atoms. The van der Waals surface area contributed by atoms with Gasteiger partial charge in [-0.25, -0.2) is 8.42 Å². The van der Waals surface area contributed by atoms with Crippen LogP contribution in [0.25, 0.3) is 0 Å². The zero-order valence-corrected chi connectivity index (χ0v) is 13.9. The van der Waals surface area contributed by atoms with Crippen molar-refractivity contribution in [2.24, 2.45) is 17.6 Å². The normalized spacial score (nSPS) is 21.7. The third-order valence-corrected chi connectivity index (χ3v) is 6.42. The van der Waals surface area contributed by atoms with Crippen molar-refractivity contribution in [1.82, 2.24) is 4.31 Å². The summed E-state index contributed by atoms with van der Waals surface area (Å²) in [7, 11) is -3.47. The van der Waals surface area contributed by atoms with Crippen molar-refractivity contribution in [3.05, 3.63) is 17.6 Å². The molecule has 1 aromatic rings. The molecule has 1 atom stereocenters. The zero-order valence-electron chi connectivity index (χ0n) is 13.1. The highest BCUT2D eigenvalue weighted by Crippen LogP contribution is 2.29. The number of hydrogen-bond donors (Lipinski definition) is 1. The van der Waals surface area contributed by atoms with E-state index in [9.17, 15) is 8.42 Å². The van der Waals surface area contributed by atoms with Crippen LogP contribution in [-0.4, -0.2) is 25.8 Å². The van der Waals surface area contributed by atoms with E-state index in [0.717, 1.165) is 19.3 Å². The quantitative estimate of drug-likeness (QED) is 0.926. The van der Waals surface area contributed by atoms with Gasteiger partial charge in [-0.1, -0.05) is 13.8 Å². The lowest BCUT2D eigenvalue weighted by atomic mass is 9.89. The summed E-state index contributed by atoms with van der Waals surface area (Å²) in [5, 5.41) is 0. The van der Waals surface area contributed by atoms with E-state index in [1.54, 1.807) is 17.3 Å². The number of furan rings is 1. The van der Waals surface area contributed by atoms with Crippen LogP contribution in [0.1, 0.15) is 44.6 Å². The molecule has 120 valence electrons. The summed E-state index contributed by atoms with van der Waals surface area (Å²) in [5.74, 6) is 2.16. The van der Waals surface area contributed by atoms with Crippen LogP contribution in [0.15, 0.2) is 15.4 Å². The van der Waals surface area contributed by atoms with Gasteiger partial charge in [0, 0.05) is 19.2 Å². The van der Waals surface area contributed by atoms with Gasteiger partial charge in [0.05, 0.1) is 6.54 Å². The smallest absolute Gasteiger partial charge is 0.246 e. The van der Waals surface area contributed by atoms with Gasteiger partial charge in [0.15, 0.2) is 0 Å². The molecular weight excluding hydrogens is 288 g/mol. The van der Waals surface area contributed by atoms with E-state index in [0.29, 0.717) is 36.4 Å². The minimum absolute atomic E-state index is 0.214. The van der Waals surface area contributed by atoms with Crippen LogP contribution in [0, 0.1) is 18.8 Å². The number of rotatable bonds is 4. The first-order valence-corrected chi connectivity index (χ1v) is 9.09. The number of nitrogens with two attached hydrogens (primary N) is 1. The van der Waals surface area contributed by atoms with Gasteiger partial charge in [0.2, 0.25) is 10.0 Å². The first-order chi connectivity index (χ1) is 9.86. The van der Waals surface area contributed by atoms with Crippen LogP contribution in [0.4, 0.5) is 0 Å². The molecule has 2 rings (SSSR count). The number of nitrogens with zero attached hydrogens (tertiary/aromatic N) is 1. The maximum absolute atomic E-state index is 12.8. The second kappa shape index (κ2) is 6.50. The van der Waals surface area contributed by atoms with E-state index < -0.39 is 10.0 Å². The average molecular weight is 314 g/mol. The van der Waals surface area contributed by atoms with Crippen molar-refractivity contribution in [2.75, 3.05) is 13.1 Å². The van der Waals surface area contributed by atoms with E-state index in [1.165, 1.54) is 0 Å². The van der Waals surface area contributed by atoms with Crippen LogP contribution in [0.2, 0.25) is 0 Å². The van der Waals surface area contributed by atoms with Gasteiger partial charge in [-0.3, -0.25) is 0 Å². The molecule has 5 nitrogen and oxygen atoms in total. The first-order valence-electron chi connectivity index (χ1n) is 7.65. The Kier molecular flexibility index (Phi) is 5.11. The fraction of sp³-hybridized carbons (Fsp3) is 0.733. The molecule has 0 aromatic carbocycles. The summed E-state index contributed by atoms with van der Waals surface area (Å²) in [5.41, 5.74) is 5.53. The Morgan fingerprint density at radius 3 is 2.67 bits per heavy atom. The van der Waals surface area contributed by atoms with Crippen molar-refractivity contribution >= 4 is 10.0 Å². The Labute approximate surface area is 127 Å². The largest absolute Gasteiger partial charge is 0.464 e. The third kappa shape index (κ3) is 3.49. The minimum Gasteiger partial charge on any atom is -0.464 e. The van der Waals surface area contributed by atoms with E-state index in [4.69, 9.17) is 10.2 Å². The van der Waals surface area contributed by atoms with Gasteiger partial charge < -0.3 is 10.2 Å². The molecule has 0 amide bonds. The standard InChI is InChI=1S/C15H26N2O3S/c1-11(2)13-5-4-7-17(8-6-13)21(18,19)15-9-14(10-16)20-12(15)3/h9,11,13H,4-8,10,16H2,1-3H3. The molecule has 1 saturated heterocycles. The lowest BCUT2D eigenvalue weighted by Gasteiger charge is -2.20. The van der Waals surface area contributed by atoms with Crippen molar-refractivity contribution in [2.45, 2.75) is 51.5 Å². The van der Waals surface area contributed by atoms with Gasteiger partial charge in [0.1, 0.15) is 16.4 Å². The molecule has 1 unspecified atom stereocenters. The second-order valence-corrected chi connectivity index (χ2v) is 8.08. The third-order valence-electron chi connectivity index (χ3n) is 4.42. The Bertz CT molecular complexity index is 578. The van der Waals surface area contributed by atoms with Crippen molar-refractivity contribution in [3.63, 3.8) is 0 Å². The van der Waals surface area contributed by atoms with Crippen LogP contribution in [0.3, 0.4) is 0 Å². The van der Waals surface area contributed by atoms with Gasteiger partial charge in [-0.15, -0.1) is 0 Å². The van der Waals surface area contributed by atoms with Crippen molar-refractivity contribution < 1.29 is 12.8 Å². The molecule has 2 N–H and O–H groups in total. The van der Waals surface area contributed by atoms with Crippen molar-refractivity contribution in [3.8, 4) is 0 Å². The molecule has 0 spiro atoms. The van der Waals surface area contributed by atoms with Gasteiger partial charge >= 0.3 is 0 Å². The molecule has 1 fully saturated rings. The van der Waals surface area contributed by atoms with Gasteiger partial charge in [-0.05, 0) is 38.0 Å². The highest BCUT2D eigenvalue weighted by molar-refractivity contribution is 7.89. The van der Waals surface area contributed by atoms with Gasteiger partial charge in [-0.2, -0.15) is 4.31 Å². The van der Waals surface area contributed by atoms with Crippen LogP contribution in [0.5, 0.6) is 0 Å². The molecule has 2 heterocycles. The first kappa shape index (κ1) is 16.5. The number of sulfonamides is 1. The molecule has 0 aliphatic carbocycles. The topological polar surface area (TPSA) is 76.5 Å².